The number of thiocarbonyl (C=S) groups is 1. The molecule has 2 aliphatic rings. The summed E-state index contributed by atoms with van der Waals surface area (Å²) in [6.45, 7) is 9.38. The van der Waals surface area contributed by atoms with Crippen LogP contribution in [0.5, 0.6) is 5.75 Å². The topological polar surface area (TPSA) is 61.9 Å². The molecule has 0 unspecified atom stereocenters. The van der Waals surface area contributed by atoms with Crippen molar-refractivity contribution in [3.63, 3.8) is 0 Å². The summed E-state index contributed by atoms with van der Waals surface area (Å²) < 4.78 is 20.1. The number of allylic oxidation sites excluding steroid dienone is 1. The minimum absolute atomic E-state index is 0.0259. The first kappa shape index (κ1) is 24.6. The molecule has 2 amide bonds. The smallest absolute Gasteiger partial charge is 0.270 e. The molecule has 0 bridgehead atoms. The predicted molar refractivity (Wildman–Crippen MR) is 141 cm³/mol. The standard InChI is InChI=1S/C27H28FN3O3S/c1-6-11-30-22-14-23(34-5)17(12-18(22)16(2)15-27(30,3)4)13-19-24(32)29-26(35)31(25(19)33)21-10-8-7-9-20(21)28/h7-10,12-15H,6,11H2,1-5H3,(H,29,32,35)/b19-13-. The van der Waals surface area contributed by atoms with Gasteiger partial charge >= 0.3 is 0 Å². The van der Waals surface area contributed by atoms with Gasteiger partial charge in [-0.1, -0.05) is 25.1 Å². The van der Waals surface area contributed by atoms with Crippen LogP contribution in [-0.4, -0.2) is 36.1 Å². The Hall–Kier alpha value is -3.52. The van der Waals surface area contributed by atoms with Crippen molar-refractivity contribution in [2.24, 2.45) is 0 Å². The Balaban J connectivity index is 1.84. The van der Waals surface area contributed by atoms with Crippen LogP contribution >= 0.6 is 12.2 Å². The molecule has 2 heterocycles. The monoisotopic (exact) mass is 493 g/mol. The maximum Gasteiger partial charge on any atom is 0.270 e. The average molecular weight is 494 g/mol. The molecule has 1 saturated heterocycles. The number of para-hydroxylation sites is 1. The lowest BCUT2D eigenvalue weighted by Gasteiger charge is -2.43. The number of carbonyl (C=O) groups is 2. The van der Waals surface area contributed by atoms with Gasteiger partial charge in [0.25, 0.3) is 11.8 Å². The predicted octanol–water partition coefficient (Wildman–Crippen LogP) is 5.08. The molecule has 6 nitrogen and oxygen atoms in total. The number of hydrogen-bond acceptors (Lipinski definition) is 5. The summed E-state index contributed by atoms with van der Waals surface area (Å²) in [6.07, 6.45) is 4.67. The van der Waals surface area contributed by atoms with E-state index in [9.17, 15) is 14.0 Å². The zero-order valence-electron chi connectivity index (χ0n) is 20.4. The van der Waals surface area contributed by atoms with Crippen molar-refractivity contribution in [1.29, 1.82) is 0 Å². The normalized spacial score (nSPS) is 18.4. The van der Waals surface area contributed by atoms with E-state index in [-0.39, 0.29) is 21.9 Å². The van der Waals surface area contributed by atoms with Crippen LogP contribution in [-0.2, 0) is 9.59 Å². The lowest BCUT2D eigenvalue weighted by molar-refractivity contribution is -0.122. The van der Waals surface area contributed by atoms with E-state index in [1.54, 1.807) is 13.2 Å². The summed E-state index contributed by atoms with van der Waals surface area (Å²) in [6, 6.07) is 9.65. The Morgan fingerprint density at radius 3 is 2.54 bits per heavy atom. The first-order chi connectivity index (χ1) is 16.6. The molecule has 1 fully saturated rings. The number of methoxy groups -OCH3 is 1. The number of ether oxygens (including phenoxy) is 1. The molecule has 0 aromatic heterocycles. The van der Waals surface area contributed by atoms with Gasteiger partial charge in [0.1, 0.15) is 17.1 Å². The molecule has 0 atom stereocenters. The fraction of sp³-hybridized carbons (Fsp3) is 0.296. The van der Waals surface area contributed by atoms with Crippen molar-refractivity contribution in [3.8, 4) is 5.75 Å². The highest BCUT2D eigenvalue weighted by Gasteiger charge is 2.36. The van der Waals surface area contributed by atoms with Crippen molar-refractivity contribution in [2.75, 3.05) is 23.5 Å². The Bertz CT molecular complexity index is 1300. The minimum atomic E-state index is -0.704. The van der Waals surface area contributed by atoms with Crippen molar-refractivity contribution in [1.82, 2.24) is 5.32 Å². The van der Waals surface area contributed by atoms with Crippen molar-refractivity contribution >= 4 is 52.2 Å². The fourth-order valence-electron chi connectivity index (χ4n) is 4.71. The highest BCUT2D eigenvalue weighted by Crippen LogP contribution is 2.43. The second-order valence-corrected chi connectivity index (χ2v) is 9.54. The molecule has 4 rings (SSSR count). The molecular weight excluding hydrogens is 465 g/mol. The van der Waals surface area contributed by atoms with Crippen LogP contribution in [0.4, 0.5) is 15.8 Å². The highest BCUT2D eigenvalue weighted by atomic mass is 32.1. The molecule has 1 N–H and O–H groups in total. The van der Waals surface area contributed by atoms with Gasteiger partial charge in [-0.15, -0.1) is 0 Å². The Labute approximate surface area is 210 Å². The van der Waals surface area contributed by atoms with E-state index in [4.69, 9.17) is 17.0 Å². The quantitative estimate of drug-likeness (QED) is 0.358. The van der Waals surface area contributed by atoms with Gasteiger partial charge in [-0.05, 0) is 69.3 Å². The maximum atomic E-state index is 14.5. The van der Waals surface area contributed by atoms with Crippen LogP contribution in [0.25, 0.3) is 11.6 Å². The van der Waals surface area contributed by atoms with E-state index < -0.39 is 17.6 Å². The Kier molecular flexibility index (Phi) is 6.51. The highest BCUT2D eigenvalue weighted by molar-refractivity contribution is 7.80. The van der Waals surface area contributed by atoms with E-state index in [1.165, 1.54) is 24.3 Å². The van der Waals surface area contributed by atoms with Crippen LogP contribution in [0.1, 0.15) is 45.2 Å². The van der Waals surface area contributed by atoms with Crippen LogP contribution in [0.2, 0.25) is 0 Å². The van der Waals surface area contributed by atoms with Crippen molar-refractivity contribution < 1.29 is 18.7 Å². The van der Waals surface area contributed by atoms with Gasteiger partial charge in [-0.2, -0.15) is 0 Å². The number of benzene rings is 2. The van der Waals surface area contributed by atoms with E-state index in [0.29, 0.717) is 11.3 Å². The van der Waals surface area contributed by atoms with E-state index in [2.05, 4.69) is 37.1 Å². The summed E-state index contributed by atoms with van der Waals surface area (Å²) in [7, 11) is 1.55. The molecule has 0 aliphatic carbocycles. The summed E-state index contributed by atoms with van der Waals surface area (Å²) >= 11 is 5.19. The van der Waals surface area contributed by atoms with Crippen LogP contribution in [0.15, 0.2) is 48.0 Å². The number of fused-ring (bicyclic) bond motifs is 1. The van der Waals surface area contributed by atoms with Crippen LogP contribution < -0.4 is 19.9 Å². The Morgan fingerprint density at radius 1 is 1.17 bits per heavy atom. The molecule has 35 heavy (non-hydrogen) atoms. The lowest BCUT2D eigenvalue weighted by Crippen LogP contribution is -2.54. The third kappa shape index (κ3) is 4.34. The zero-order valence-corrected chi connectivity index (χ0v) is 21.3. The van der Waals surface area contributed by atoms with Gasteiger partial charge in [0, 0.05) is 29.4 Å². The number of hydrogen-bond donors (Lipinski definition) is 1. The zero-order chi connectivity index (χ0) is 25.5. The molecule has 2 aliphatic heterocycles. The van der Waals surface area contributed by atoms with Crippen LogP contribution in [0, 0.1) is 5.82 Å². The second-order valence-electron chi connectivity index (χ2n) is 9.15. The molecule has 0 radical (unpaired) electrons. The molecular formula is C27H28FN3O3S. The SMILES string of the molecule is CCCN1c2cc(OC)c(/C=C3/C(=O)NC(=S)N(c4ccccc4F)C3=O)cc2C(C)=CC1(C)C. The van der Waals surface area contributed by atoms with E-state index in [0.717, 1.165) is 34.7 Å². The average Bonchev–Trinajstić information content (AvgIpc) is 2.80. The summed E-state index contributed by atoms with van der Waals surface area (Å²) in [5.41, 5.74) is 3.32. The number of amides is 2. The lowest BCUT2D eigenvalue weighted by atomic mass is 9.87. The number of halogens is 1. The third-order valence-electron chi connectivity index (χ3n) is 6.27. The number of rotatable bonds is 5. The largest absolute Gasteiger partial charge is 0.496 e. The van der Waals surface area contributed by atoms with Crippen molar-refractivity contribution in [3.05, 3.63) is 65.0 Å². The number of nitrogens with zero attached hydrogens (tertiary/aromatic N) is 2. The van der Waals surface area contributed by atoms with E-state index in [1.807, 2.05) is 19.1 Å². The minimum Gasteiger partial charge on any atom is -0.496 e. The summed E-state index contributed by atoms with van der Waals surface area (Å²) in [4.78, 5) is 29.5. The molecule has 182 valence electrons. The van der Waals surface area contributed by atoms with Gasteiger partial charge in [0.15, 0.2) is 5.11 Å². The van der Waals surface area contributed by atoms with Gasteiger partial charge in [0.05, 0.1) is 18.3 Å². The number of nitrogens with one attached hydrogen (secondary N) is 1. The first-order valence-corrected chi connectivity index (χ1v) is 11.9. The van der Waals surface area contributed by atoms with Gasteiger partial charge in [0.2, 0.25) is 0 Å². The Morgan fingerprint density at radius 2 is 1.89 bits per heavy atom. The summed E-state index contributed by atoms with van der Waals surface area (Å²) in [5.74, 6) is -1.45. The fourth-order valence-corrected chi connectivity index (χ4v) is 4.98. The van der Waals surface area contributed by atoms with Gasteiger partial charge in [-0.25, -0.2) is 9.29 Å². The van der Waals surface area contributed by atoms with Gasteiger partial charge < -0.3 is 9.64 Å². The summed E-state index contributed by atoms with van der Waals surface area (Å²) in [5, 5.41) is 2.33. The molecule has 8 heteroatoms. The van der Waals surface area contributed by atoms with Gasteiger partial charge in [-0.3, -0.25) is 14.9 Å². The number of anilines is 2. The maximum absolute atomic E-state index is 14.5. The molecule has 0 spiro atoms. The van der Waals surface area contributed by atoms with Crippen molar-refractivity contribution in [2.45, 2.75) is 39.7 Å². The molecule has 0 saturated carbocycles. The van der Waals surface area contributed by atoms with Crippen LogP contribution in [0.3, 0.4) is 0 Å². The first-order valence-electron chi connectivity index (χ1n) is 11.4. The third-order valence-corrected chi connectivity index (χ3v) is 6.56. The van der Waals surface area contributed by atoms with E-state index >= 15 is 0 Å². The molecule has 2 aromatic carbocycles. The second kappa shape index (κ2) is 9.26. The molecule has 2 aromatic rings. The number of carbonyl (C=O) groups excluding carboxylic acids is 2.